The number of ether oxygens (including phenoxy) is 3. The lowest BCUT2D eigenvalue weighted by Gasteiger charge is -2.21. The second kappa shape index (κ2) is 8.67. The Morgan fingerprint density at radius 1 is 1.24 bits per heavy atom. The zero-order valence-corrected chi connectivity index (χ0v) is 11.2. The number of allylic oxidation sites excluding steroid dienone is 1. The quantitative estimate of drug-likeness (QED) is 0.317. The highest BCUT2D eigenvalue weighted by Crippen LogP contribution is 2.15. The first kappa shape index (κ1) is 14.7. The molecule has 0 aromatic heterocycles. The molecule has 3 nitrogen and oxygen atoms in total. The molecule has 3 unspecified atom stereocenters. The van der Waals surface area contributed by atoms with E-state index >= 15 is 0 Å². The highest BCUT2D eigenvalue weighted by molar-refractivity contribution is 4.69. The molecule has 0 saturated carbocycles. The molecule has 1 fully saturated rings. The third-order valence-electron chi connectivity index (χ3n) is 3.05. The van der Waals surface area contributed by atoms with Gasteiger partial charge in [-0.3, -0.25) is 0 Å². The van der Waals surface area contributed by atoms with E-state index < -0.39 is 0 Å². The first-order valence-electron chi connectivity index (χ1n) is 6.69. The number of hydrogen-bond donors (Lipinski definition) is 0. The smallest absolute Gasteiger partial charge is 0.0810 e. The fraction of sp³-hybridized carbons (Fsp3) is 0.857. The van der Waals surface area contributed by atoms with Gasteiger partial charge in [0, 0.05) is 13.2 Å². The lowest BCUT2D eigenvalue weighted by Crippen LogP contribution is -2.27. The van der Waals surface area contributed by atoms with Crippen LogP contribution in [0.4, 0.5) is 0 Å². The van der Waals surface area contributed by atoms with Crippen molar-refractivity contribution in [3.05, 3.63) is 12.7 Å². The minimum atomic E-state index is 0.164. The van der Waals surface area contributed by atoms with E-state index in [1.165, 1.54) is 0 Å². The van der Waals surface area contributed by atoms with Gasteiger partial charge >= 0.3 is 0 Å². The van der Waals surface area contributed by atoms with Crippen molar-refractivity contribution < 1.29 is 14.2 Å². The highest BCUT2D eigenvalue weighted by Gasteiger charge is 2.21. The van der Waals surface area contributed by atoms with E-state index in [0.717, 1.165) is 45.5 Å². The van der Waals surface area contributed by atoms with Gasteiger partial charge in [0.05, 0.1) is 24.9 Å². The predicted octanol–water partition coefficient (Wildman–Crippen LogP) is 2.94. The summed E-state index contributed by atoms with van der Waals surface area (Å²) < 4.78 is 16.6. The minimum absolute atomic E-state index is 0.164. The van der Waals surface area contributed by atoms with Crippen LogP contribution < -0.4 is 0 Å². The molecule has 0 N–H and O–H groups in total. The summed E-state index contributed by atoms with van der Waals surface area (Å²) in [6.07, 6.45) is 7.04. The van der Waals surface area contributed by atoms with Gasteiger partial charge in [-0.05, 0) is 39.5 Å². The van der Waals surface area contributed by atoms with Crippen molar-refractivity contribution in [3.8, 4) is 0 Å². The summed E-state index contributed by atoms with van der Waals surface area (Å²) in [7, 11) is 0. The fourth-order valence-corrected chi connectivity index (χ4v) is 1.58. The summed E-state index contributed by atoms with van der Waals surface area (Å²) in [6, 6.07) is 0. The van der Waals surface area contributed by atoms with Crippen LogP contribution in [0.25, 0.3) is 0 Å². The monoisotopic (exact) mass is 242 g/mol. The van der Waals surface area contributed by atoms with Crippen molar-refractivity contribution in [2.24, 2.45) is 0 Å². The van der Waals surface area contributed by atoms with Crippen LogP contribution in [0.5, 0.6) is 0 Å². The van der Waals surface area contributed by atoms with Crippen LogP contribution in [-0.2, 0) is 14.2 Å². The molecule has 0 aromatic carbocycles. The van der Waals surface area contributed by atoms with Gasteiger partial charge in [-0.15, -0.1) is 6.58 Å². The Morgan fingerprint density at radius 2 is 1.82 bits per heavy atom. The van der Waals surface area contributed by atoms with Crippen molar-refractivity contribution in [2.75, 3.05) is 19.8 Å². The van der Waals surface area contributed by atoms with Crippen LogP contribution in [0.1, 0.15) is 39.5 Å². The van der Waals surface area contributed by atoms with E-state index in [1.54, 1.807) is 0 Å². The van der Waals surface area contributed by atoms with Gasteiger partial charge in [0.1, 0.15) is 0 Å². The van der Waals surface area contributed by atoms with E-state index in [9.17, 15) is 0 Å². The zero-order valence-electron chi connectivity index (χ0n) is 11.2. The Balaban J connectivity index is 1.92. The van der Waals surface area contributed by atoms with Gasteiger partial charge in [0.25, 0.3) is 0 Å². The van der Waals surface area contributed by atoms with Crippen LogP contribution in [-0.4, -0.2) is 38.1 Å². The maximum atomic E-state index is 5.74. The number of epoxide rings is 1. The molecule has 1 saturated heterocycles. The topological polar surface area (TPSA) is 31.0 Å². The van der Waals surface area contributed by atoms with Crippen molar-refractivity contribution in [2.45, 2.75) is 57.8 Å². The largest absolute Gasteiger partial charge is 0.376 e. The standard InChI is InChI=1S/C14H26O3/c1-4-5-6-9-15-12(2)13(3)16-10-7-8-14-11-17-14/h4,12-14H,1,5-11H2,2-3H3. The zero-order chi connectivity index (χ0) is 12.5. The molecule has 0 spiro atoms. The molecule has 0 amide bonds. The third kappa shape index (κ3) is 7.53. The number of rotatable bonds is 11. The fourth-order valence-electron chi connectivity index (χ4n) is 1.58. The SMILES string of the molecule is C=CCCCOC(C)C(C)OCCCC1CO1. The molecule has 3 atom stereocenters. The Kier molecular flexibility index (Phi) is 7.49. The van der Waals surface area contributed by atoms with Gasteiger partial charge in [-0.25, -0.2) is 0 Å². The van der Waals surface area contributed by atoms with Crippen molar-refractivity contribution >= 4 is 0 Å². The van der Waals surface area contributed by atoms with E-state index in [1.807, 2.05) is 6.08 Å². The molecule has 17 heavy (non-hydrogen) atoms. The normalized spacial score (nSPS) is 22.1. The molecule has 100 valence electrons. The first-order chi connectivity index (χ1) is 8.24. The first-order valence-corrected chi connectivity index (χ1v) is 6.69. The lowest BCUT2D eigenvalue weighted by atomic mass is 10.2. The molecule has 3 heteroatoms. The van der Waals surface area contributed by atoms with E-state index in [2.05, 4.69) is 20.4 Å². The van der Waals surface area contributed by atoms with E-state index in [4.69, 9.17) is 14.2 Å². The minimum Gasteiger partial charge on any atom is -0.376 e. The Labute approximate surface area is 105 Å². The molecule has 1 rings (SSSR count). The van der Waals surface area contributed by atoms with Crippen molar-refractivity contribution in [3.63, 3.8) is 0 Å². The maximum absolute atomic E-state index is 5.74. The van der Waals surface area contributed by atoms with Gasteiger partial charge < -0.3 is 14.2 Å². The molecule has 1 aliphatic heterocycles. The average Bonchev–Trinajstić information content (AvgIpc) is 3.13. The van der Waals surface area contributed by atoms with E-state index in [-0.39, 0.29) is 12.2 Å². The summed E-state index contributed by atoms with van der Waals surface area (Å²) in [4.78, 5) is 0. The number of hydrogen-bond acceptors (Lipinski definition) is 3. The predicted molar refractivity (Wildman–Crippen MR) is 69.2 cm³/mol. The van der Waals surface area contributed by atoms with Crippen LogP contribution in [0.3, 0.4) is 0 Å². The summed E-state index contributed by atoms with van der Waals surface area (Å²) in [6.45, 7) is 10.4. The highest BCUT2D eigenvalue weighted by atomic mass is 16.6. The van der Waals surface area contributed by atoms with Crippen LogP contribution in [0.15, 0.2) is 12.7 Å². The van der Waals surface area contributed by atoms with Gasteiger partial charge in [-0.2, -0.15) is 0 Å². The molecule has 0 radical (unpaired) electrons. The second-order valence-electron chi connectivity index (χ2n) is 4.68. The molecule has 0 aromatic rings. The number of unbranched alkanes of at least 4 members (excludes halogenated alkanes) is 1. The van der Waals surface area contributed by atoms with Gasteiger partial charge in [0.2, 0.25) is 0 Å². The average molecular weight is 242 g/mol. The summed E-state index contributed by atoms with van der Waals surface area (Å²) in [5.74, 6) is 0. The van der Waals surface area contributed by atoms with Gasteiger partial charge in [-0.1, -0.05) is 6.08 Å². The van der Waals surface area contributed by atoms with Crippen LogP contribution >= 0.6 is 0 Å². The molecule has 0 bridgehead atoms. The summed E-state index contributed by atoms with van der Waals surface area (Å²) in [5, 5.41) is 0. The van der Waals surface area contributed by atoms with Crippen LogP contribution in [0.2, 0.25) is 0 Å². The van der Waals surface area contributed by atoms with Gasteiger partial charge in [0.15, 0.2) is 0 Å². The Morgan fingerprint density at radius 3 is 2.35 bits per heavy atom. The molecule has 1 heterocycles. The second-order valence-corrected chi connectivity index (χ2v) is 4.68. The lowest BCUT2D eigenvalue weighted by molar-refractivity contribution is -0.0574. The van der Waals surface area contributed by atoms with E-state index in [0.29, 0.717) is 6.10 Å². The molecular formula is C14H26O3. The van der Waals surface area contributed by atoms with Crippen molar-refractivity contribution in [1.82, 2.24) is 0 Å². The maximum Gasteiger partial charge on any atom is 0.0810 e. The Hall–Kier alpha value is -0.380. The molecule has 0 aliphatic carbocycles. The molecule has 1 aliphatic rings. The molecular weight excluding hydrogens is 216 g/mol. The van der Waals surface area contributed by atoms with Crippen LogP contribution in [0, 0.1) is 0 Å². The third-order valence-corrected chi connectivity index (χ3v) is 3.05. The Bertz CT molecular complexity index is 202. The summed E-state index contributed by atoms with van der Waals surface area (Å²) >= 11 is 0. The van der Waals surface area contributed by atoms with Crippen molar-refractivity contribution in [1.29, 1.82) is 0 Å². The summed E-state index contributed by atoms with van der Waals surface area (Å²) in [5.41, 5.74) is 0.